The van der Waals surface area contributed by atoms with E-state index in [1.54, 1.807) is 49.2 Å². The van der Waals surface area contributed by atoms with Crippen LogP contribution in [0, 0.1) is 0 Å². The van der Waals surface area contributed by atoms with Crippen molar-refractivity contribution in [1.29, 1.82) is 0 Å². The van der Waals surface area contributed by atoms with Crippen molar-refractivity contribution in [3.8, 4) is 5.75 Å². The number of nitrogens with one attached hydrogen (secondary N) is 1. The van der Waals surface area contributed by atoms with Gasteiger partial charge in [0.25, 0.3) is 0 Å². The highest BCUT2D eigenvalue weighted by molar-refractivity contribution is 5.36. The van der Waals surface area contributed by atoms with E-state index in [4.69, 9.17) is 0 Å². The molecule has 0 fully saturated rings. The maximum absolute atomic E-state index is 12.6. The molecular weight excluding hydrogens is 316 g/mol. The first-order valence-corrected chi connectivity index (χ1v) is 7.82. The lowest BCUT2D eigenvalue weighted by molar-refractivity contribution is -0.0508. The van der Waals surface area contributed by atoms with E-state index in [0.29, 0.717) is 17.5 Å². The number of benzene rings is 1. The van der Waals surface area contributed by atoms with Gasteiger partial charge in [-0.05, 0) is 19.4 Å². The fraction of sp³-hybridized carbons (Fsp3) is 0.471. The number of nitrogens with zero attached hydrogens (tertiary/aromatic N) is 2. The van der Waals surface area contributed by atoms with Crippen molar-refractivity contribution in [3.63, 3.8) is 0 Å². The molecule has 5 nitrogen and oxygen atoms in total. The smallest absolute Gasteiger partial charge is 0.387 e. The van der Waals surface area contributed by atoms with Crippen LogP contribution in [0.1, 0.15) is 37.4 Å². The van der Waals surface area contributed by atoms with Crippen LogP contribution in [-0.2, 0) is 12.6 Å². The van der Waals surface area contributed by atoms with Crippen molar-refractivity contribution in [1.82, 2.24) is 15.1 Å². The molecule has 2 unspecified atom stereocenters. The molecule has 0 aliphatic rings. The van der Waals surface area contributed by atoms with Crippen molar-refractivity contribution >= 4 is 0 Å². The SMILES string of the molecule is CCC(NCC(C)(O)c1cnn(C)c1)c1ccccc1OC(F)F. The number of aromatic nitrogens is 2. The number of halogens is 2. The lowest BCUT2D eigenvalue weighted by Crippen LogP contribution is -2.37. The van der Waals surface area contributed by atoms with E-state index in [0.717, 1.165) is 0 Å². The fourth-order valence-corrected chi connectivity index (χ4v) is 2.57. The Balaban J connectivity index is 2.12. The number of ether oxygens (including phenoxy) is 1. The van der Waals surface area contributed by atoms with Gasteiger partial charge in [-0.3, -0.25) is 4.68 Å². The van der Waals surface area contributed by atoms with Crippen LogP contribution in [0.15, 0.2) is 36.7 Å². The minimum Gasteiger partial charge on any atom is -0.434 e. The monoisotopic (exact) mass is 339 g/mol. The van der Waals surface area contributed by atoms with Gasteiger partial charge < -0.3 is 15.2 Å². The first-order valence-electron chi connectivity index (χ1n) is 7.82. The third kappa shape index (κ3) is 4.52. The lowest BCUT2D eigenvalue weighted by atomic mass is 9.97. The second-order valence-corrected chi connectivity index (χ2v) is 5.93. The summed E-state index contributed by atoms with van der Waals surface area (Å²) in [7, 11) is 1.78. The van der Waals surface area contributed by atoms with Crippen LogP contribution in [0.2, 0.25) is 0 Å². The zero-order valence-electron chi connectivity index (χ0n) is 14.0. The second kappa shape index (κ2) is 7.72. The summed E-state index contributed by atoms with van der Waals surface area (Å²) in [5.41, 5.74) is 0.201. The van der Waals surface area contributed by atoms with E-state index in [2.05, 4.69) is 15.2 Å². The minimum atomic E-state index is -2.87. The van der Waals surface area contributed by atoms with E-state index >= 15 is 0 Å². The normalized spacial score (nSPS) is 15.3. The van der Waals surface area contributed by atoms with Crippen LogP contribution >= 0.6 is 0 Å². The molecule has 1 aromatic carbocycles. The molecule has 2 atom stereocenters. The summed E-state index contributed by atoms with van der Waals surface area (Å²) in [5, 5.41) is 17.9. The highest BCUT2D eigenvalue weighted by atomic mass is 19.3. The Bertz CT molecular complexity index is 659. The van der Waals surface area contributed by atoms with Gasteiger partial charge in [0.1, 0.15) is 11.4 Å². The summed E-state index contributed by atoms with van der Waals surface area (Å²) in [6, 6.07) is 6.47. The summed E-state index contributed by atoms with van der Waals surface area (Å²) in [6.07, 6.45) is 4.01. The summed E-state index contributed by atoms with van der Waals surface area (Å²) in [6.45, 7) is 1.00. The number of alkyl halides is 2. The number of hydrogen-bond acceptors (Lipinski definition) is 4. The van der Waals surface area contributed by atoms with Gasteiger partial charge in [-0.25, -0.2) is 0 Å². The van der Waals surface area contributed by atoms with Gasteiger partial charge in [-0.15, -0.1) is 0 Å². The highest BCUT2D eigenvalue weighted by Crippen LogP contribution is 2.29. The predicted octanol–water partition coefficient (Wildman–Crippen LogP) is 2.97. The first kappa shape index (κ1) is 18.4. The Hall–Kier alpha value is -1.99. The topological polar surface area (TPSA) is 59.3 Å². The van der Waals surface area contributed by atoms with Crippen LogP contribution in [0.3, 0.4) is 0 Å². The minimum absolute atomic E-state index is 0.146. The summed E-state index contributed by atoms with van der Waals surface area (Å²) >= 11 is 0. The molecule has 0 radical (unpaired) electrons. The Labute approximate surface area is 140 Å². The number of para-hydroxylation sites is 1. The Morgan fingerprint density at radius 2 is 2.08 bits per heavy atom. The number of aryl methyl sites for hydroxylation is 1. The van der Waals surface area contributed by atoms with Crippen LogP contribution in [0.4, 0.5) is 8.78 Å². The molecule has 2 N–H and O–H groups in total. The quantitative estimate of drug-likeness (QED) is 0.776. The van der Waals surface area contributed by atoms with E-state index < -0.39 is 12.2 Å². The van der Waals surface area contributed by atoms with Crippen molar-refractivity contribution in [2.24, 2.45) is 7.05 Å². The van der Waals surface area contributed by atoms with Gasteiger partial charge in [-0.2, -0.15) is 13.9 Å². The van der Waals surface area contributed by atoms with Gasteiger partial charge >= 0.3 is 6.61 Å². The van der Waals surface area contributed by atoms with Gasteiger partial charge in [0.15, 0.2) is 0 Å². The van der Waals surface area contributed by atoms with Gasteiger partial charge in [0.2, 0.25) is 0 Å². The molecule has 0 amide bonds. The standard InChI is InChI=1S/C17H23F2N3O2/c1-4-14(13-7-5-6-8-15(13)24-16(18)19)20-11-17(2,23)12-9-21-22(3)10-12/h5-10,14,16,20,23H,4,11H2,1-3H3. The van der Waals surface area contributed by atoms with Crippen LogP contribution < -0.4 is 10.1 Å². The number of rotatable bonds is 8. The molecule has 1 heterocycles. The molecular formula is C17H23F2N3O2. The van der Waals surface area contributed by atoms with Gasteiger partial charge in [0.05, 0.1) is 6.20 Å². The van der Waals surface area contributed by atoms with E-state index in [9.17, 15) is 13.9 Å². The third-order valence-corrected chi connectivity index (χ3v) is 3.94. The maximum atomic E-state index is 12.6. The van der Waals surface area contributed by atoms with E-state index in [1.165, 1.54) is 6.07 Å². The molecule has 0 bridgehead atoms. The zero-order chi connectivity index (χ0) is 17.7. The Morgan fingerprint density at radius 1 is 1.38 bits per heavy atom. The molecule has 0 spiro atoms. The maximum Gasteiger partial charge on any atom is 0.387 e. The van der Waals surface area contributed by atoms with Gasteiger partial charge in [0, 0.05) is 37.0 Å². The van der Waals surface area contributed by atoms with Gasteiger partial charge in [-0.1, -0.05) is 25.1 Å². The average Bonchev–Trinajstić information content (AvgIpc) is 2.96. The molecule has 0 aliphatic heterocycles. The molecule has 0 saturated carbocycles. The van der Waals surface area contributed by atoms with Crippen molar-refractivity contribution in [2.45, 2.75) is 38.5 Å². The molecule has 1 aromatic heterocycles. The average molecular weight is 339 g/mol. The molecule has 7 heteroatoms. The molecule has 24 heavy (non-hydrogen) atoms. The highest BCUT2D eigenvalue weighted by Gasteiger charge is 2.26. The Kier molecular flexibility index (Phi) is 5.90. The lowest BCUT2D eigenvalue weighted by Gasteiger charge is -2.27. The van der Waals surface area contributed by atoms with Crippen LogP contribution in [0.25, 0.3) is 0 Å². The van der Waals surface area contributed by atoms with E-state index in [-0.39, 0.29) is 18.3 Å². The molecule has 2 rings (SSSR count). The second-order valence-electron chi connectivity index (χ2n) is 5.93. The van der Waals surface area contributed by atoms with Crippen molar-refractivity contribution in [3.05, 3.63) is 47.8 Å². The summed E-state index contributed by atoms with van der Waals surface area (Å²) in [4.78, 5) is 0. The summed E-state index contributed by atoms with van der Waals surface area (Å²) in [5.74, 6) is 0.146. The van der Waals surface area contributed by atoms with E-state index in [1.807, 2.05) is 6.92 Å². The number of hydrogen-bond donors (Lipinski definition) is 2. The molecule has 132 valence electrons. The van der Waals surface area contributed by atoms with Crippen molar-refractivity contribution in [2.75, 3.05) is 6.54 Å². The third-order valence-electron chi connectivity index (χ3n) is 3.94. The van der Waals surface area contributed by atoms with Crippen LogP contribution in [-0.4, -0.2) is 28.0 Å². The number of aliphatic hydroxyl groups is 1. The molecule has 2 aromatic rings. The van der Waals surface area contributed by atoms with Crippen molar-refractivity contribution < 1.29 is 18.6 Å². The summed E-state index contributed by atoms with van der Waals surface area (Å²) < 4.78 is 31.4. The molecule has 0 aliphatic carbocycles. The predicted molar refractivity (Wildman–Crippen MR) is 86.9 cm³/mol. The zero-order valence-corrected chi connectivity index (χ0v) is 14.0. The first-order chi connectivity index (χ1) is 11.3. The Morgan fingerprint density at radius 3 is 2.67 bits per heavy atom. The van der Waals surface area contributed by atoms with Crippen LogP contribution in [0.5, 0.6) is 5.75 Å². The molecule has 0 saturated heterocycles. The largest absolute Gasteiger partial charge is 0.434 e. The fourth-order valence-electron chi connectivity index (χ4n) is 2.57.